The van der Waals surface area contributed by atoms with Crippen molar-refractivity contribution >= 4 is 17.6 Å². The molecule has 5 aliphatic rings. The van der Waals surface area contributed by atoms with E-state index >= 15 is 0 Å². The van der Waals surface area contributed by atoms with Crippen molar-refractivity contribution in [3.8, 4) is 6.07 Å². The van der Waals surface area contributed by atoms with Crippen LogP contribution in [-0.4, -0.2) is 30.2 Å². The lowest BCUT2D eigenvalue weighted by molar-refractivity contribution is -0.160. The van der Waals surface area contributed by atoms with Crippen LogP contribution in [0.5, 0.6) is 0 Å². The van der Waals surface area contributed by atoms with Gasteiger partial charge < -0.3 is 10.6 Å². The van der Waals surface area contributed by atoms with E-state index in [1.54, 1.807) is 7.05 Å². The van der Waals surface area contributed by atoms with Gasteiger partial charge in [0.2, 0.25) is 0 Å². The van der Waals surface area contributed by atoms with E-state index in [9.17, 15) is 19.6 Å². The third kappa shape index (κ3) is 3.32. The summed E-state index contributed by atoms with van der Waals surface area (Å²) in [5, 5.41) is 16.0. The highest BCUT2D eigenvalue weighted by atomic mass is 16.2. The first-order valence-corrected chi connectivity index (χ1v) is 14.5. The quantitative estimate of drug-likeness (QED) is 0.451. The highest BCUT2D eigenvalue weighted by Gasteiger charge is 2.70. The SMILES string of the molecule is CNC(=O)N[C@]12CCC(C)(C)C[C@@H]1[C@H]1C(=O)C=C3[C@@]4(C)C=C(C#N)C(=O)C(C)(C)[C@@H]4CC[C@@]3(C)[C@]1(C)CC2. The molecule has 0 unspecified atom stereocenters. The van der Waals surface area contributed by atoms with E-state index in [4.69, 9.17) is 0 Å². The highest BCUT2D eigenvalue weighted by molar-refractivity contribution is 6.04. The number of amides is 2. The number of urea groups is 1. The number of Topliss-reactive ketones (excluding diaryl/α,β-unsaturated/α-hetero) is 1. The molecule has 0 radical (unpaired) electrons. The number of carbonyl (C=O) groups is 3. The van der Waals surface area contributed by atoms with Crippen LogP contribution in [0.15, 0.2) is 23.3 Å². The molecule has 0 aromatic carbocycles. The number of fused-ring (bicyclic) bond motifs is 7. The smallest absolute Gasteiger partial charge is 0.314 e. The van der Waals surface area contributed by atoms with E-state index in [0.29, 0.717) is 0 Å². The number of nitrogens with zero attached hydrogens (tertiary/aromatic N) is 1. The normalized spacial score (nSPS) is 44.7. The van der Waals surface area contributed by atoms with Crippen LogP contribution in [0.1, 0.15) is 93.4 Å². The molecule has 2 amide bonds. The van der Waals surface area contributed by atoms with Crippen molar-refractivity contribution in [3.63, 3.8) is 0 Å². The summed E-state index contributed by atoms with van der Waals surface area (Å²) in [4.78, 5) is 40.3. The van der Waals surface area contributed by atoms with Crippen LogP contribution in [0.3, 0.4) is 0 Å². The number of hydrogen-bond donors (Lipinski definition) is 2. The van der Waals surface area contributed by atoms with Gasteiger partial charge in [-0.15, -0.1) is 0 Å². The summed E-state index contributed by atoms with van der Waals surface area (Å²) in [7, 11) is 1.65. The lowest BCUT2D eigenvalue weighted by atomic mass is 9.35. The predicted molar refractivity (Wildman–Crippen MR) is 147 cm³/mol. The Morgan fingerprint density at radius 3 is 2.29 bits per heavy atom. The maximum atomic E-state index is 14.4. The summed E-state index contributed by atoms with van der Waals surface area (Å²) in [6.45, 7) is 15.4. The van der Waals surface area contributed by atoms with Crippen molar-refractivity contribution in [2.45, 2.75) is 99.0 Å². The van der Waals surface area contributed by atoms with Crippen LogP contribution in [-0.2, 0) is 9.59 Å². The van der Waals surface area contributed by atoms with E-state index in [0.717, 1.165) is 50.5 Å². The molecule has 0 bridgehead atoms. The Morgan fingerprint density at radius 1 is 1.00 bits per heavy atom. The zero-order chi connectivity index (χ0) is 28.1. The van der Waals surface area contributed by atoms with Crippen molar-refractivity contribution in [3.05, 3.63) is 23.3 Å². The minimum Gasteiger partial charge on any atom is -0.341 e. The monoisotopic (exact) mass is 519 g/mol. The van der Waals surface area contributed by atoms with Gasteiger partial charge in [0.25, 0.3) is 0 Å². The summed E-state index contributed by atoms with van der Waals surface area (Å²) in [6.07, 6.45) is 10.1. The molecule has 0 aliphatic heterocycles. The third-order valence-corrected chi connectivity index (χ3v) is 12.4. The number of carbonyl (C=O) groups excluding carboxylic acids is 3. The fraction of sp³-hybridized carbons (Fsp3) is 0.750. The average molecular weight is 520 g/mol. The van der Waals surface area contributed by atoms with Gasteiger partial charge in [0.15, 0.2) is 11.6 Å². The Morgan fingerprint density at radius 2 is 1.66 bits per heavy atom. The van der Waals surface area contributed by atoms with Crippen LogP contribution in [0, 0.1) is 56.2 Å². The molecule has 5 aliphatic carbocycles. The van der Waals surface area contributed by atoms with Gasteiger partial charge in [-0.1, -0.05) is 60.1 Å². The van der Waals surface area contributed by atoms with Gasteiger partial charge in [0.05, 0.1) is 5.57 Å². The van der Waals surface area contributed by atoms with E-state index in [1.165, 1.54) is 0 Å². The van der Waals surface area contributed by atoms with Gasteiger partial charge in [-0.05, 0) is 79.1 Å². The minimum atomic E-state index is -0.663. The molecule has 38 heavy (non-hydrogen) atoms. The van der Waals surface area contributed by atoms with Gasteiger partial charge >= 0.3 is 6.03 Å². The molecule has 5 rings (SSSR count). The molecule has 0 spiro atoms. The molecular weight excluding hydrogens is 474 g/mol. The number of nitrogens with one attached hydrogen (secondary N) is 2. The van der Waals surface area contributed by atoms with Crippen molar-refractivity contribution in [1.82, 2.24) is 10.6 Å². The van der Waals surface area contributed by atoms with E-state index in [2.05, 4.69) is 51.3 Å². The van der Waals surface area contributed by atoms with Gasteiger partial charge in [-0.2, -0.15) is 5.26 Å². The summed E-state index contributed by atoms with van der Waals surface area (Å²) in [5.74, 6) is 0.00108. The Hall–Kier alpha value is -2.42. The molecule has 6 nitrogen and oxygen atoms in total. The van der Waals surface area contributed by atoms with Crippen LogP contribution >= 0.6 is 0 Å². The molecular formula is C32H45N3O3. The number of rotatable bonds is 1. The molecule has 2 N–H and O–H groups in total. The van der Waals surface area contributed by atoms with E-state index in [1.807, 2.05) is 26.0 Å². The summed E-state index contributed by atoms with van der Waals surface area (Å²) >= 11 is 0. The van der Waals surface area contributed by atoms with Crippen molar-refractivity contribution < 1.29 is 14.4 Å². The van der Waals surface area contributed by atoms with Crippen molar-refractivity contribution in [2.75, 3.05) is 7.05 Å². The van der Waals surface area contributed by atoms with Gasteiger partial charge in [0, 0.05) is 29.3 Å². The van der Waals surface area contributed by atoms with E-state index < -0.39 is 10.8 Å². The largest absolute Gasteiger partial charge is 0.341 e. The summed E-state index contributed by atoms with van der Waals surface area (Å²) in [5.41, 5.74) is -0.657. The second-order valence-corrected chi connectivity index (χ2v) is 15.1. The molecule has 3 fully saturated rings. The molecule has 7 atom stereocenters. The number of allylic oxidation sites excluding steroid dienone is 4. The Bertz CT molecular complexity index is 1220. The number of nitriles is 1. The molecule has 206 valence electrons. The van der Waals surface area contributed by atoms with Crippen LogP contribution in [0.2, 0.25) is 0 Å². The van der Waals surface area contributed by atoms with E-state index in [-0.39, 0.29) is 62.7 Å². The fourth-order valence-electron chi connectivity index (χ4n) is 10.1. The summed E-state index contributed by atoms with van der Waals surface area (Å²) < 4.78 is 0. The topological polar surface area (TPSA) is 99.1 Å². The fourth-order valence-corrected chi connectivity index (χ4v) is 10.1. The predicted octanol–water partition coefficient (Wildman–Crippen LogP) is 5.89. The summed E-state index contributed by atoms with van der Waals surface area (Å²) in [6, 6.07) is 2.01. The molecule has 0 heterocycles. The van der Waals surface area contributed by atoms with Crippen molar-refractivity contribution in [2.24, 2.45) is 44.8 Å². The maximum Gasteiger partial charge on any atom is 0.314 e. The Kier molecular flexibility index (Phi) is 5.76. The van der Waals surface area contributed by atoms with Gasteiger partial charge in [-0.25, -0.2) is 4.79 Å². The number of hydrogen-bond acceptors (Lipinski definition) is 4. The Balaban J connectivity index is 1.68. The first kappa shape index (κ1) is 27.2. The average Bonchev–Trinajstić information content (AvgIpc) is 2.83. The van der Waals surface area contributed by atoms with Crippen molar-refractivity contribution in [1.29, 1.82) is 5.26 Å². The molecule has 0 saturated heterocycles. The maximum absolute atomic E-state index is 14.4. The standard InChI is InChI=1S/C32H45N3O3/c1-27(2)11-13-32(35-26(38)34-8)14-12-31(7)24(20(32)17-27)21(36)15-23-29(5)16-19(18-33)25(37)28(3,4)22(29)9-10-30(23,31)6/h15-16,20,22,24H,9-14,17H2,1-8H3,(H2,34,35,38)/t20-,22+,24+,29+,30-,31-,32+/m1/s1. The minimum absolute atomic E-state index is 0.0399. The number of ketones is 2. The third-order valence-electron chi connectivity index (χ3n) is 12.4. The second-order valence-electron chi connectivity index (χ2n) is 15.1. The van der Waals surface area contributed by atoms with Gasteiger partial charge in [-0.3, -0.25) is 9.59 Å². The van der Waals surface area contributed by atoms with Crippen LogP contribution in [0.4, 0.5) is 4.79 Å². The zero-order valence-corrected chi connectivity index (χ0v) is 24.5. The lowest BCUT2D eigenvalue weighted by Gasteiger charge is -2.69. The first-order valence-electron chi connectivity index (χ1n) is 14.5. The first-order chi connectivity index (χ1) is 17.5. The second kappa shape index (κ2) is 8.05. The van der Waals surface area contributed by atoms with Crippen LogP contribution in [0.25, 0.3) is 0 Å². The lowest BCUT2D eigenvalue weighted by Crippen LogP contribution is -2.70. The highest BCUT2D eigenvalue weighted by Crippen LogP contribution is 2.73. The van der Waals surface area contributed by atoms with Crippen LogP contribution < -0.4 is 10.6 Å². The molecule has 3 saturated carbocycles. The molecule has 0 aromatic rings. The zero-order valence-electron chi connectivity index (χ0n) is 24.5. The molecule has 6 heteroatoms. The Labute approximate surface area is 228 Å². The molecule has 0 aromatic heterocycles. The van der Waals surface area contributed by atoms with Gasteiger partial charge in [0.1, 0.15) is 6.07 Å².